The highest BCUT2D eigenvalue weighted by Crippen LogP contribution is 2.57. The maximum absolute atomic E-state index is 14.0. The number of benzene rings is 2. The molecule has 1 spiro atoms. The lowest BCUT2D eigenvalue weighted by Gasteiger charge is -2.34. The predicted molar refractivity (Wildman–Crippen MR) is 114 cm³/mol. The third-order valence-electron chi connectivity index (χ3n) is 5.86. The minimum Gasteiger partial charge on any atom is -0.379 e. The van der Waals surface area contributed by atoms with Crippen molar-refractivity contribution in [2.75, 3.05) is 42.8 Å². The van der Waals surface area contributed by atoms with Crippen molar-refractivity contribution in [1.29, 1.82) is 0 Å². The van der Waals surface area contributed by atoms with Gasteiger partial charge in [0.25, 0.3) is 5.91 Å². The molecule has 8 heteroatoms. The molecule has 2 fully saturated rings. The number of rotatable bonds is 3. The van der Waals surface area contributed by atoms with E-state index in [2.05, 4.69) is 4.90 Å². The Balaban J connectivity index is 1.61. The first-order chi connectivity index (χ1) is 14.5. The van der Waals surface area contributed by atoms with Crippen LogP contribution in [0.15, 0.2) is 48.5 Å². The van der Waals surface area contributed by atoms with E-state index >= 15 is 0 Å². The molecule has 6 nitrogen and oxygen atoms in total. The van der Waals surface area contributed by atoms with Crippen LogP contribution in [0.1, 0.15) is 12.5 Å². The van der Waals surface area contributed by atoms with E-state index in [0.29, 0.717) is 25.6 Å². The monoisotopic (exact) mass is 427 g/mol. The number of carbonyl (C=O) groups is 2. The van der Waals surface area contributed by atoms with E-state index in [1.807, 2.05) is 31.2 Å². The number of hydrogen-bond donors (Lipinski definition) is 0. The Morgan fingerprint density at radius 2 is 1.80 bits per heavy atom. The second-order valence-corrected chi connectivity index (χ2v) is 9.21. The molecule has 2 aromatic rings. The maximum Gasteiger partial charge on any atom is 0.269 e. The summed E-state index contributed by atoms with van der Waals surface area (Å²) < 4.78 is 19.0. The van der Waals surface area contributed by atoms with Crippen molar-refractivity contribution in [2.45, 2.75) is 17.0 Å². The van der Waals surface area contributed by atoms with Gasteiger partial charge in [-0.15, -0.1) is 11.8 Å². The quantitative estimate of drug-likeness (QED) is 0.754. The van der Waals surface area contributed by atoms with E-state index < -0.39 is 10.1 Å². The van der Waals surface area contributed by atoms with Gasteiger partial charge in [0.05, 0.1) is 30.8 Å². The van der Waals surface area contributed by atoms with Gasteiger partial charge >= 0.3 is 0 Å². The Morgan fingerprint density at radius 3 is 2.53 bits per heavy atom. The van der Waals surface area contributed by atoms with E-state index in [0.717, 1.165) is 24.3 Å². The van der Waals surface area contributed by atoms with Gasteiger partial charge in [-0.05, 0) is 37.3 Å². The standard InChI is InChI=1S/C22H22FN3O3S/c1-15-20(27)26(17-8-6-16(23)7-9-17)22(30-15)18-4-2-3-5-19(18)25(21(22)28)14-24-10-12-29-13-11-24/h2-9,15H,10-14H2,1H3. The van der Waals surface area contributed by atoms with Crippen LogP contribution < -0.4 is 9.80 Å². The Bertz CT molecular complexity index is 995. The fraction of sp³-hybridized carbons (Fsp3) is 0.364. The Labute approximate surface area is 178 Å². The lowest BCUT2D eigenvalue weighted by molar-refractivity contribution is -0.124. The molecule has 0 aromatic heterocycles. The van der Waals surface area contributed by atoms with E-state index in [4.69, 9.17) is 4.74 Å². The lowest BCUT2D eigenvalue weighted by atomic mass is 10.0. The van der Waals surface area contributed by atoms with Gasteiger partial charge in [-0.25, -0.2) is 4.39 Å². The molecule has 0 saturated carbocycles. The normalized spacial score (nSPS) is 26.7. The summed E-state index contributed by atoms with van der Waals surface area (Å²) in [4.78, 5) is 31.5. The summed E-state index contributed by atoms with van der Waals surface area (Å²) in [6.45, 7) is 5.05. The molecule has 30 heavy (non-hydrogen) atoms. The van der Waals surface area contributed by atoms with Crippen LogP contribution in [0, 0.1) is 5.82 Å². The van der Waals surface area contributed by atoms with Gasteiger partial charge < -0.3 is 4.74 Å². The molecule has 0 bridgehead atoms. The molecule has 2 unspecified atom stereocenters. The molecule has 2 atom stereocenters. The molecule has 0 N–H and O–H groups in total. The Hall–Kier alpha value is -2.42. The fourth-order valence-electron chi connectivity index (χ4n) is 4.41. The first-order valence-electron chi connectivity index (χ1n) is 10.0. The second kappa shape index (κ2) is 7.37. The smallest absolute Gasteiger partial charge is 0.269 e. The number of hydrogen-bond acceptors (Lipinski definition) is 5. The average Bonchev–Trinajstić information content (AvgIpc) is 3.16. The van der Waals surface area contributed by atoms with Gasteiger partial charge in [0.15, 0.2) is 0 Å². The van der Waals surface area contributed by atoms with Crippen molar-refractivity contribution in [3.05, 3.63) is 59.9 Å². The second-order valence-electron chi connectivity index (χ2n) is 7.68. The lowest BCUT2D eigenvalue weighted by Crippen LogP contribution is -2.52. The number of anilines is 2. The first-order valence-corrected chi connectivity index (χ1v) is 10.9. The summed E-state index contributed by atoms with van der Waals surface area (Å²) in [7, 11) is 0. The van der Waals surface area contributed by atoms with E-state index in [9.17, 15) is 14.0 Å². The van der Waals surface area contributed by atoms with Crippen LogP contribution in [0.25, 0.3) is 0 Å². The fourth-order valence-corrected chi connectivity index (χ4v) is 5.94. The van der Waals surface area contributed by atoms with E-state index in [1.165, 1.54) is 23.9 Å². The molecule has 3 aliphatic rings. The van der Waals surface area contributed by atoms with E-state index in [-0.39, 0.29) is 17.6 Å². The third kappa shape index (κ3) is 2.85. The van der Waals surface area contributed by atoms with Crippen LogP contribution in [0.5, 0.6) is 0 Å². The molecule has 156 valence electrons. The highest BCUT2D eigenvalue weighted by atomic mass is 32.2. The molecule has 5 rings (SSSR count). The molecule has 2 aromatic carbocycles. The Kier molecular flexibility index (Phi) is 4.80. The van der Waals surface area contributed by atoms with Crippen molar-refractivity contribution in [1.82, 2.24) is 4.90 Å². The van der Waals surface area contributed by atoms with Gasteiger partial charge in [-0.2, -0.15) is 0 Å². The van der Waals surface area contributed by atoms with Crippen molar-refractivity contribution in [3.8, 4) is 0 Å². The number of morpholine rings is 1. The molecule has 3 aliphatic heterocycles. The topological polar surface area (TPSA) is 53.1 Å². The van der Waals surface area contributed by atoms with Gasteiger partial charge in [-0.3, -0.25) is 24.3 Å². The number of para-hydroxylation sites is 1. The number of nitrogens with zero attached hydrogens (tertiary/aromatic N) is 3. The molecule has 0 radical (unpaired) electrons. The number of carbonyl (C=O) groups excluding carboxylic acids is 2. The minimum absolute atomic E-state index is 0.137. The molecular weight excluding hydrogens is 405 g/mol. The minimum atomic E-state index is -1.18. The highest BCUT2D eigenvalue weighted by Gasteiger charge is 2.63. The zero-order valence-corrected chi connectivity index (χ0v) is 17.4. The number of ether oxygens (including phenoxy) is 1. The summed E-state index contributed by atoms with van der Waals surface area (Å²) in [6.07, 6.45) is 0. The molecule has 2 saturated heterocycles. The molecule has 0 aliphatic carbocycles. The largest absolute Gasteiger partial charge is 0.379 e. The predicted octanol–water partition coefficient (Wildman–Crippen LogP) is 2.78. The van der Waals surface area contributed by atoms with Crippen molar-refractivity contribution >= 4 is 35.0 Å². The van der Waals surface area contributed by atoms with E-state index in [1.54, 1.807) is 21.9 Å². The van der Waals surface area contributed by atoms with Crippen LogP contribution in [0.4, 0.5) is 15.8 Å². The van der Waals surface area contributed by atoms with Crippen LogP contribution in [-0.4, -0.2) is 54.9 Å². The number of amides is 2. The first kappa shape index (κ1) is 19.5. The number of halogens is 1. The van der Waals surface area contributed by atoms with Crippen LogP contribution in [-0.2, 0) is 19.2 Å². The number of fused-ring (bicyclic) bond motifs is 2. The average molecular weight is 428 g/mol. The van der Waals surface area contributed by atoms with Crippen LogP contribution >= 0.6 is 11.8 Å². The van der Waals surface area contributed by atoms with Gasteiger partial charge in [-0.1, -0.05) is 18.2 Å². The van der Waals surface area contributed by atoms with Crippen molar-refractivity contribution in [3.63, 3.8) is 0 Å². The van der Waals surface area contributed by atoms with Crippen LogP contribution in [0.3, 0.4) is 0 Å². The molecule has 2 amide bonds. The summed E-state index contributed by atoms with van der Waals surface area (Å²) in [5.74, 6) is -0.669. The van der Waals surface area contributed by atoms with Gasteiger partial charge in [0.1, 0.15) is 5.82 Å². The Morgan fingerprint density at radius 1 is 1.10 bits per heavy atom. The zero-order valence-electron chi connectivity index (χ0n) is 16.6. The summed E-state index contributed by atoms with van der Waals surface area (Å²) >= 11 is 1.36. The summed E-state index contributed by atoms with van der Waals surface area (Å²) in [5.41, 5.74) is 2.14. The van der Waals surface area contributed by atoms with Gasteiger partial charge in [0.2, 0.25) is 10.8 Å². The SMILES string of the molecule is CC1SC2(C(=O)N(CN3CCOCC3)c3ccccc32)N(c2ccc(F)cc2)C1=O. The van der Waals surface area contributed by atoms with Crippen molar-refractivity contribution in [2.24, 2.45) is 0 Å². The van der Waals surface area contributed by atoms with Crippen LogP contribution in [0.2, 0.25) is 0 Å². The maximum atomic E-state index is 14.0. The third-order valence-corrected chi connectivity index (χ3v) is 7.33. The summed E-state index contributed by atoms with van der Waals surface area (Å²) in [6, 6.07) is 13.4. The highest BCUT2D eigenvalue weighted by molar-refractivity contribution is 8.03. The molecule has 3 heterocycles. The zero-order chi connectivity index (χ0) is 20.9. The van der Waals surface area contributed by atoms with Gasteiger partial charge in [0, 0.05) is 24.3 Å². The molecular formula is C22H22FN3O3S. The summed E-state index contributed by atoms with van der Waals surface area (Å²) in [5, 5.41) is -0.393. The van der Waals surface area contributed by atoms with Crippen molar-refractivity contribution < 1.29 is 18.7 Å². The number of thioether (sulfide) groups is 1.